The number of aromatic nitrogens is 1. The highest BCUT2D eigenvalue weighted by Gasteiger charge is 2.33. The Kier molecular flexibility index (Phi) is 7.30. The van der Waals surface area contributed by atoms with Crippen LogP contribution < -0.4 is 10.0 Å². The highest BCUT2D eigenvalue weighted by Crippen LogP contribution is 2.22. The molecule has 1 aliphatic rings. The summed E-state index contributed by atoms with van der Waals surface area (Å²) in [5.41, 5.74) is 0.766. The number of nitrogens with one attached hydrogen (secondary N) is 2. The van der Waals surface area contributed by atoms with Gasteiger partial charge in [0.1, 0.15) is 0 Å². The fraction of sp³-hybridized carbons (Fsp3) is 0.625. The standard InChI is InChI=1S/C16H25N3O5S/c1-2-25(22,23)19-14-7-6-13(24-15(14)11-20)9-16(21)18-10-12-5-3-4-8-17-12/h3-5,8,13-15,19-20H,2,6-7,9-11H2,1H3,(H,18,21)/t13-,14+,15+/m0/s1. The molecule has 3 atom stereocenters. The van der Waals surface area contributed by atoms with E-state index in [1.165, 1.54) is 0 Å². The smallest absolute Gasteiger partial charge is 0.222 e. The number of sulfonamides is 1. The van der Waals surface area contributed by atoms with Gasteiger partial charge in [-0.15, -0.1) is 0 Å². The van der Waals surface area contributed by atoms with Crippen molar-refractivity contribution >= 4 is 15.9 Å². The monoisotopic (exact) mass is 371 g/mol. The van der Waals surface area contributed by atoms with Gasteiger partial charge in [0.05, 0.1) is 49.3 Å². The van der Waals surface area contributed by atoms with Crippen molar-refractivity contribution in [3.63, 3.8) is 0 Å². The van der Waals surface area contributed by atoms with Gasteiger partial charge < -0.3 is 15.2 Å². The molecule has 2 heterocycles. The minimum Gasteiger partial charge on any atom is -0.394 e. The van der Waals surface area contributed by atoms with Crippen LogP contribution in [0, 0.1) is 0 Å². The predicted octanol–water partition coefficient (Wildman–Crippen LogP) is -0.0643. The summed E-state index contributed by atoms with van der Waals surface area (Å²) in [5.74, 6) is -0.194. The fourth-order valence-corrected chi connectivity index (χ4v) is 3.60. The second-order valence-corrected chi connectivity index (χ2v) is 8.03. The van der Waals surface area contributed by atoms with Gasteiger partial charge in [0, 0.05) is 6.20 Å². The van der Waals surface area contributed by atoms with Crippen molar-refractivity contribution in [3.8, 4) is 0 Å². The van der Waals surface area contributed by atoms with Crippen molar-refractivity contribution in [1.82, 2.24) is 15.0 Å². The lowest BCUT2D eigenvalue weighted by molar-refractivity contribution is -0.130. The van der Waals surface area contributed by atoms with Crippen LogP contribution in [0.1, 0.15) is 31.9 Å². The SMILES string of the molecule is CCS(=O)(=O)N[C@@H]1CC[C@@H](CC(=O)NCc2ccccn2)O[C@@H]1CO. The number of aliphatic hydroxyl groups is 1. The van der Waals surface area contributed by atoms with Crippen LogP contribution in [0.4, 0.5) is 0 Å². The van der Waals surface area contributed by atoms with Crippen LogP contribution in [-0.4, -0.2) is 55.0 Å². The van der Waals surface area contributed by atoms with Gasteiger partial charge in [0.25, 0.3) is 0 Å². The summed E-state index contributed by atoms with van der Waals surface area (Å²) in [7, 11) is -3.37. The fourth-order valence-electron chi connectivity index (χ4n) is 2.70. The zero-order valence-corrected chi connectivity index (χ0v) is 15.0. The largest absolute Gasteiger partial charge is 0.394 e. The molecule has 9 heteroatoms. The average Bonchev–Trinajstić information content (AvgIpc) is 2.62. The van der Waals surface area contributed by atoms with Gasteiger partial charge in [-0.05, 0) is 31.9 Å². The summed E-state index contributed by atoms with van der Waals surface area (Å²) >= 11 is 0. The molecule has 1 fully saturated rings. The number of hydrogen-bond donors (Lipinski definition) is 3. The van der Waals surface area contributed by atoms with Crippen molar-refractivity contribution < 1.29 is 23.1 Å². The number of aliphatic hydroxyl groups excluding tert-OH is 1. The predicted molar refractivity (Wildman–Crippen MR) is 92.1 cm³/mol. The number of carbonyl (C=O) groups excluding carboxylic acids is 1. The zero-order chi connectivity index (χ0) is 18.3. The molecular formula is C16H25N3O5S. The Morgan fingerprint density at radius 1 is 1.40 bits per heavy atom. The third-order valence-corrected chi connectivity index (χ3v) is 5.53. The summed E-state index contributed by atoms with van der Waals surface area (Å²) in [6, 6.07) is 5.01. The Morgan fingerprint density at radius 3 is 2.84 bits per heavy atom. The lowest BCUT2D eigenvalue weighted by Gasteiger charge is -2.35. The second kappa shape index (κ2) is 9.23. The topological polar surface area (TPSA) is 118 Å². The van der Waals surface area contributed by atoms with Crippen molar-refractivity contribution in [3.05, 3.63) is 30.1 Å². The maximum Gasteiger partial charge on any atom is 0.222 e. The number of nitrogens with zero attached hydrogens (tertiary/aromatic N) is 1. The molecule has 1 aliphatic heterocycles. The third-order valence-electron chi connectivity index (χ3n) is 4.11. The van der Waals surface area contributed by atoms with Crippen molar-refractivity contribution in [2.75, 3.05) is 12.4 Å². The number of carbonyl (C=O) groups is 1. The molecule has 0 saturated carbocycles. The maximum absolute atomic E-state index is 12.0. The first-order chi connectivity index (χ1) is 11.9. The summed E-state index contributed by atoms with van der Waals surface area (Å²) < 4.78 is 31.6. The molecule has 0 aliphatic carbocycles. The van der Waals surface area contributed by atoms with Crippen LogP contribution in [0.3, 0.4) is 0 Å². The molecule has 1 amide bonds. The molecule has 0 spiro atoms. The van der Waals surface area contributed by atoms with Crippen molar-refractivity contribution in [2.24, 2.45) is 0 Å². The summed E-state index contributed by atoms with van der Waals surface area (Å²) in [5, 5.41) is 12.2. The van der Waals surface area contributed by atoms with E-state index in [0.717, 1.165) is 5.69 Å². The number of amides is 1. The van der Waals surface area contributed by atoms with Gasteiger partial charge in [-0.3, -0.25) is 9.78 Å². The van der Waals surface area contributed by atoms with Gasteiger partial charge >= 0.3 is 0 Å². The summed E-state index contributed by atoms with van der Waals surface area (Å²) in [4.78, 5) is 16.2. The summed E-state index contributed by atoms with van der Waals surface area (Å²) in [6.07, 6.45) is 1.89. The first kappa shape index (κ1) is 19.8. The molecule has 0 radical (unpaired) electrons. The summed E-state index contributed by atoms with van der Waals surface area (Å²) in [6.45, 7) is 1.59. The first-order valence-electron chi connectivity index (χ1n) is 8.36. The van der Waals surface area contributed by atoms with E-state index in [0.29, 0.717) is 19.4 Å². The van der Waals surface area contributed by atoms with Crippen LogP contribution in [0.5, 0.6) is 0 Å². The van der Waals surface area contributed by atoms with E-state index in [9.17, 15) is 18.3 Å². The van der Waals surface area contributed by atoms with E-state index in [2.05, 4.69) is 15.0 Å². The van der Waals surface area contributed by atoms with Gasteiger partial charge in [0.15, 0.2) is 0 Å². The molecule has 1 aromatic rings. The number of ether oxygens (including phenoxy) is 1. The van der Waals surface area contributed by atoms with E-state index < -0.39 is 22.2 Å². The lowest BCUT2D eigenvalue weighted by Crippen LogP contribution is -2.51. The van der Waals surface area contributed by atoms with Gasteiger partial charge in [0.2, 0.25) is 15.9 Å². The van der Waals surface area contributed by atoms with Crippen LogP contribution in [0.2, 0.25) is 0 Å². The van der Waals surface area contributed by atoms with E-state index in [1.54, 1.807) is 19.2 Å². The lowest BCUT2D eigenvalue weighted by atomic mass is 9.98. The normalized spacial score (nSPS) is 24.0. The average molecular weight is 371 g/mol. The maximum atomic E-state index is 12.0. The van der Waals surface area contributed by atoms with Crippen LogP contribution in [0.25, 0.3) is 0 Å². The van der Waals surface area contributed by atoms with E-state index in [1.807, 2.05) is 12.1 Å². The minimum absolute atomic E-state index is 0.0268. The quantitative estimate of drug-likeness (QED) is 0.589. The first-order valence-corrected chi connectivity index (χ1v) is 10.0. The second-order valence-electron chi connectivity index (χ2n) is 5.99. The molecule has 1 saturated heterocycles. The van der Waals surface area contributed by atoms with E-state index >= 15 is 0 Å². The van der Waals surface area contributed by atoms with Crippen LogP contribution >= 0.6 is 0 Å². The molecule has 2 rings (SSSR count). The van der Waals surface area contributed by atoms with Gasteiger partial charge in [-0.1, -0.05) is 6.07 Å². The third kappa shape index (κ3) is 6.35. The Bertz CT molecular complexity index is 653. The Labute approximate surface area is 148 Å². The Balaban J connectivity index is 1.81. The highest BCUT2D eigenvalue weighted by atomic mass is 32.2. The molecule has 0 aromatic carbocycles. The molecule has 8 nitrogen and oxygen atoms in total. The molecule has 25 heavy (non-hydrogen) atoms. The molecule has 0 bridgehead atoms. The number of rotatable bonds is 8. The molecular weight excluding hydrogens is 346 g/mol. The Hall–Kier alpha value is -1.55. The van der Waals surface area contributed by atoms with Gasteiger partial charge in [-0.2, -0.15) is 0 Å². The Morgan fingerprint density at radius 2 is 2.20 bits per heavy atom. The molecule has 0 unspecified atom stereocenters. The zero-order valence-electron chi connectivity index (χ0n) is 14.2. The van der Waals surface area contributed by atoms with Crippen LogP contribution in [-0.2, 0) is 26.1 Å². The number of pyridine rings is 1. The molecule has 140 valence electrons. The van der Waals surface area contributed by atoms with Crippen molar-refractivity contribution in [2.45, 2.75) is 51.0 Å². The van der Waals surface area contributed by atoms with Crippen molar-refractivity contribution in [1.29, 1.82) is 0 Å². The molecule has 1 aromatic heterocycles. The molecule has 3 N–H and O–H groups in total. The highest BCUT2D eigenvalue weighted by molar-refractivity contribution is 7.89. The van der Waals surface area contributed by atoms with Gasteiger partial charge in [-0.25, -0.2) is 13.1 Å². The van der Waals surface area contributed by atoms with E-state index in [4.69, 9.17) is 4.74 Å². The van der Waals surface area contributed by atoms with E-state index in [-0.39, 0.29) is 30.8 Å². The van der Waals surface area contributed by atoms with Crippen LogP contribution in [0.15, 0.2) is 24.4 Å². The number of hydrogen-bond acceptors (Lipinski definition) is 6. The minimum atomic E-state index is -3.37.